The summed E-state index contributed by atoms with van der Waals surface area (Å²) in [7, 11) is 0. The van der Waals surface area contributed by atoms with Crippen molar-refractivity contribution in [1.82, 2.24) is 15.5 Å². The second-order valence-electron chi connectivity index (χ2n) is 6.59. The highest BCUT2D eigenvalue weighted by atomic mass is 127. The van der Waals surface area contributed by atoms with Gasteiger partial charge < -0.3 is 20.0 Å². The van der Waals surface area contributed by atoms with E-state index in [1.807, 2.05) is 19.1 Å². The first-order valence-corrected chi connectivity index (χ1v) is 9.49. The largest absolute Gasteiger partial charge is 0.469 e. The molecule has 26 heavy (non-hydrogen) atoms. The number of aliphatic imine (C=N–C) groups is 1. The second kappa shape index (κ2) is 15.1. The fourth-order valence-electron chi connectivity index (χ4n) is 2.59. The van der Waals surface area contributed by atoms with Crippen LogP contribution < -0.4 is 10.6 Å². The highest BCUT2D eigenvalue weighted by Crippen LogP contribution is 2.01. The Labute approximate surface area is 176 Å². The average Bonchev–Trinajstić information content (AvgIpc) is 3.09. The highest BCUT2D eigenvalue weighted by Gasteiger charge is 2.07. The number of halogens is 1. The van der Waals surface area contributed by atoms with Crippen molar-refractivity contribution < 1.29 is 4.42 Å². The van der Waals surface area contributed by atoms with Crippen LogP contribution in [-0.4, -0.2) is 49.6 Å². The molecule has 2 N–H and O–H groups in total. The Balaban J connectivity index is 0.00000625. The van der Waals surface area contributed by atoms with Crippen LogP contribution in [0, 0.1) is 0 Å². The molecule has 0 amide bonds. The third kappa shape index (κ3) is 11.6. The lowest BCUT2D eigenvalue weighted by Crippen LogP contribution is -2.43. The summed E-state index contributed by atoms with van der Waals surface area (Å²) in [5.41, 5.74) is 1.06. The topological polar surface area (TPSA) is 52.8 Å². The summed E-state index contributed by atoms with van der Waals surface area (Å²) in [6.07, 6.45) is 4.87. The Morgan fingerprint density at radius 1 is 1.35 bits per heavy atom. The minimum atomic E-state index is 0. The van der Waals surface area contributed by atoms with Gasteiger partial charge in [-0.25, -0.2) is 4.99 Å². The van der Waals surface area contributed by atoms with Crippen molar-refractivity contribution in [3.8, 4) is 0 Å². The van der Waals surface area contributed by atoms with E-state index >= 15 is 0 Å². The minimum absolute atomic E-state index is 0. The molecular formula is C20H37IN4O. The van der Waals surface area contributed by atoms with Gasteiger partial charge in [0.1, 0.15) is 5.76 Å². The van der Waals surface area contributed by atoms with Crippen molar-refractivity contribution in [2.75, 3.05) is 32.7 Å². The Morgan fingerprint density at radius 2 is 2.08 bits per heavy atom. The zero-order chi connectivity index (χ0) is 18.5. The molecule has 0 spiro atoms. The maximum atomic E-state index is 5.37. The van der Waals surface area contributed by atoms with Crippen molar-refractivity contribution in [2.24, 2.45) is 4.99 Å². The molecule has 0 aliphatic heterocycles. The van der Waals surface area contributed by atoms with Crippen LogP contribution >= 0.6 is 24.0 Å². The molecule has 5 nitrogen and oxygen atoms in total. The molecule has 1 aromatic heterocycles. The summed E-state index contributed by atoms with van der Waals surface area (Å²) in [5.74, 6) is 1.84. The molecular weight excluding hydrogens is 439 g/mol. The molecule has 0 aliphatic carbocycles. The van der Waals surface area contributed by atoms with Crippen LogP contribution in [0.3, 0.4) is 0 Å². The Hall–Kier alpha value is -1.02. The van der Waals surface area contributed by atoms with Crippen LogP contribution in [0.5, 0.6) is 0 Å². The summed E-state index contributed by atoms with van der Waals surface area (Å²) in [5, 5.41) is 6.90. The van der Waals surface area contributed by atoms with Gasteiger partial charge in [-0.15, -0.1) is 24.0 Å². The van der Waals surface area contributed by atoms with Crippen LogP contribution in [0.1, 0.15) is 46.3 Å². The summed E-state index contributed by atoms with van der Waals surface area (Å²) in [4.78, 5) is 7.07. The SMILES string of the molecule is C=C(C)CN=C(NCCc1ccco1)NC(C)CCCN(CC)CC.I. The fraction of sp³-hybridized carbons (Fsp3) is 0.650. The van der Waals surface area contributed by atoms with Crippen LogP contribution in [-0.2, 0) is 6.42 Å². The summed E-state index contributed by atoms with van der Waals surface area (Å²) in [6, 6.07) is 4.30. The molecule has 0 fully saturated rings. The van der Waals surface area contributed by atoms with E-state index in [0.717, 1.165) is 56.3 Å². The van der Waals surface area contributed by atoms with Crippen molar-refractivity contribution in [2.45, 2.75) is 53.0 Å². The molecule has 1 heterocycles. The normalized spacial score (nSPS) is 12.6. The molecule has 0 aliphatic rings. The third-order valence-electron chi connectivity index (χ3n) is 4.14. The maximum absolute atomic E-state index is 5.37. The molecule has 1 rings (SSSR count). The predicted molar refractivity (Wildman–Crippen MR) is 123 cm³/mol. The Kier molecular flexibility index (Phi) is 14.5. The predicted octanol–water partition coefficient (Wildman–Crippen LogP) is 4.06. The number of rotatable bonds is 12. The van der Waals surface area contributed by atoms with Gasteiger partial charge in [0.15, 0.2) is 5.96 Å². The third-order valence-corrected chi connectivity index (χ3v) is 4.14. The van der Waals surface area contributed by atoms with Crippen molar-refractivity contribution >= 4 is 29.9 Å². The quantitative estimate of drug-likeness (QED) is 0.207. The number of nitrogens with zero attached hydrogens (tertiary/aromatic N) is 2. The molecule has 6 heteroatoms. The Bertz CT molecular complexity index is 498. The average molecular weight is 476 g/mol. The molecule has 1 unspecified atom stereocenters. The van der Waals surface area contributed by atoms with Crippen LogP contribution in [0.4, 0.5) is 0 Å². The van der Waals surface area contributed by atoms with Crippen molar-refractivity contribution in [3.05, 3.63) is 36.3 Å². The van der Waals surface area contributed by atoms with Gasteiger partial charge in [-0.3, -0.25) is 0 Å². The lowest BCUT2D eigenvalue weighted by molar-refractivity contribution is 0.292. The zero-order valence-electron chi connectivity index (χ0n) is 16.9. The van der Waals surface area contributed by atoms with Gasteiger partial charge in [-0.2, -0.15) is 0 Å². The molecule has 0 radical (unpaired) electrons. The fourth-order valence-corrected chi connectivity index (χ4v) is 2.59. The summed E-state index contributed by atoms with van der Waals surface area (Å²) in [6.45, 7) is 17.4. The van der Waals surface area contributed by atoms with Crippen LogP contribution in [0.15, 0.2) is 40.0 Å². The smallest absolute Gasteiger partial charge is 0.191 e. The van der Waals surface area contributed by atoms with Crippen LogP contribution in [0.25, 0.3) is 0 Å². The maximum Gasteiger partial charge on any atom is 0.191 e. The van der Waals surface area contributed by atoms with E-state index in [4.69, 9.17) is 4.42 Å². The van der Waals surface area contributed by atoms with E-state index in [2.05, 4.69) is 47.9 Å². The molecule has 0 saturated heterocycles. The summed E-state index contributed by atoms with van der Waals surface area (Å²) >= 11 is 0. The number of nitrogens with one attached hydrogen (secondary N) is 2. The number of hydrogen-bond donors (Lipinski definition) is 2. The van der Waals surface area contributed by atoms with Gasteiger partial charge in [-0.05, 0) is 58.5 Å². The number of furan rings is 1. The van der Waals surface area contributed by atoms with Gasteiger partial charge >= 0.3 is 0 Å². The lowest BCUT2D eigenvalue weighted by atomic mass is 10.2. The number of hydrogen-bond acceptors (Lipinski definition) is 3. The monoisotopic (exact) mass is 476 g/mol. The van der Waals surface area contributed by atoms with Gasteiger partial charge in [-0.1, -0.05) is 26.0 Å². The van der Waals surface area contributed by atoms with E-state index in [-0.39, 0.29) is 24.0 Å². The molecule has 1 aromatic rings. The van der Waals surface area contributed by atoms with Gasteiger partial charge in [0, 0.05) is 19.0 Å². The lowest BCUT2D eigenvalue weighted by Gasteiger charge is -2.21. The number of guanidine groups is 1. The van der Waals surface area contributed by atoms with E-state index in [1.54, 1.807) is 6.26 Å². The van der Waals surface area contributed by atoms with E-state index in [0.29, 0.717) is 12.6 Å². The molecule has 1 atom stereocenters. The van der Waals surface area contributed by atoms with Crippen molar-refractivity contribution in [1.29, 1.82) is 0 Å². The second-order valence-corrected chi connectivity index (χ2v) is 6.59. The minimum Gasteiger partial charge on any atom is -0.469 e. The van der Waals surface area contributed by atoms with E-state index in [1.165, 1.54) is 6.42 Å². The first-order chi connectivity index (χ1) is 12.0. The van der Waals surface area contributed by atoms with E-state index in [9.17, 15) is 0 Å². The molecule has 0 bridgehead atoms. The zero-order valence-corrected chi connectivity index (χ0v) is 19.2. The van der Waals surface area contributed by atoms with Crippen molar-refractivity contribution in [3.63, 3.8) is 0 Å². The van der Waals surface area contributed by atoms with E-state index < -0.39 is 0 Å². The highest BCUT2D eigenvalue weighted by molar-refractivity contribution is 14.0. The van der Waals surface area contributed by atoms with Crippen LogP contribution in [0.2, 0.25) is 0 Å². The molecule has 0 aromatic carbocycles. The standard InChI is InChI=1S/C20H36N4O.HI/c1-6-24(7-2)14-8-10-18(5)23-20(22-16-17(3)4)21-13-12-19-11-9-15-25-19;/h9,11,15,18H,3,6-8,10,12-14,16H2,1-2,4-5H3,(H2,21,22,23);1H. The summed E-state index contributed by atoms with van der Waals surface area (Å²) < 4.78 is 5.37. The molecule has 0 saturated carbocycles. The first-order valence-electron chi connectivity index (χ1n) is 9.49. The Morgan fingerprint density at radius 3 is 2.65 bits per heavy atom. The van der Waals surface area contributed by atoms with Gasteiger partial charge in [0.25, 0.3) is 0 Å². The van der Waals surface area contributed by atoms with Gasteiger partial charge in [0.2, 0.25) is 0 Å². The van der Waals surface area contributed by atoms with Gasteiger partial charge in [0.05, 0.1) is 12.8 Å². The first kappa shape index (κ1) is 25.0. The molecule has 150 valence electrons.